The fourth-order valence-corrected chi connectivity index (χ4v) is 1.81. The van der Waals surface area contributed by atoms with E-state index in [4.69, 9.17) is 10.5 Å². The second-order valence-corrected chi connectivity index (χ2v) is 4.43. The molecule has 1 aromatic heterocycles. The number of alkyl halides is 1. The first-order valence-electron chi connectivity index (χ1n) is 6.02. The van der Waals surface area contributed by atoms with Gasteiger partial charge in [-0.15, -0.1) is 0 Å². The van der Waals surface area contributed by atoms with E-state index in [2.05, 4.69) is 4.98 Å². The summed E-state index contributed by atoms with van der Waals surface area (Å²) in [4.78, 5) is 3.99. The highest BCUT2D eigenvalue weighted by atomic mass is 19.1. The van der Waals surface area contributed by atoms with Crippen LogP contribution in [-0.2, 0) is 0 Å². The number of nitrogens with two attached hydrogens (primary N) is 1. The van der Waals surface area contributed by atoms with Crippen LogP contribution < -0.4 is 10.5 Å². The van der Waals surface area contributed by atoms with Crippen molar-refractivity contribution in [3.05, 3.63) is 24.0 Å². The first-order chi connectivity index (χ1) is 8.10. The van der Waals surface area contributed by atoms with Crippen molar-refractivity contribution in [1.29, 1.82) is 0 Å². The first kappa shape index (κ1) is 13.9. The molecule has 0 aromatic carbocycles. The van der Waals surface area contributed by atoms with Gasteiger partial charge >= 0.3 is 0 Å². The van der Waals surface area contributed by atoms with Crippen LogP contribution in [0.2, 0.25) is 0 Å². The maximum absolute atomic E-state index is 14.3. The summed E-state index contributed by atoms with van der Waals surface area (Å²) in [5.41, 5.74) is 6.16. The Morgan fingerprint density at radius 1 is 1.41 bits per heavy atom. The number of nitrogens with zero attached hydrogens (tertiary/aromatic N) is 1. The molecule has 2 unspecified atom stereocenters. The lowest BCUT2D eigenvalue weighted by molar-refractivity contribution is 0.187. The van der Waals surface area contributed by atoms with Gasteiger partial charge in [0.2, 0.25) is 0 Å². The highest BCUT2D eigenvalue weighted by Crippen LogP contribution is 2.31. The van der Waals surface area contributed by atoms with E-state index in [1.165, 1.54) is 6.20 Å². The van der Waals surface area contributed by atoms with Crippen LogP contribution in [0.3, 0.4) is 0 Å². The van der Waals surface area contributed by atoms with Crippen molar-refractivity contribution in [2.75, 3.05) is 13.2 Å². The van der Waals surface area contributed by atoms with E-state index in [0.717, 1.165) is 0 Å². The Bertz CT molecular complexity index is 344. The number of halogens is 1. The van der Waals surface area contributed by atoms with Crippen LogP contribution in [0.4, 0.5) is 4.39 Å². The third-order valence-electron chi connectivity index (χ3n) is 2.87. The minimum atomic E-state index is -1.09. The lowest BCUT2D eigenvalue weighted by Crippen LogP contribution is -2.24. The highest BCUT2D eigenvalue weighted by molar-refractivity contribution is 5.25. The normalized spacial score (nSPS) is 14.7. The molecule has 0 bridgehead atoms. The zero-order valence-corrected chi connectivity index (χ0v) is 10.7. The maximum Gasteiger partial charge on any atom is 0.137 e. The minimum Gasteiger partial charge on any atom is -0.492 e. The molecule has 0 spiro atoms. The van der Waals surface area contributed by atoms with E-state index in [9.17, 15) is 4.39 Å². The van der Waals surface area contributed by atoms with Crippen LogP contribution in [0.25, 0.3) is 0 Å². The fourth-order valence-electron chi connectivity index (χ4n) is 1.81. The summed E-state index contributed by atoms with van der Waals surface area (Å²) in [5.74, 6) is 0.617. The summed E-state index contributed by atoms with van der Waals surface area (Å²) in [7, 11) is 0. The van der Waals surface area contributed by atoms with Gasteiger partial charge in [0.15, 0.2) is 0 Å². The number of ether oxygens (including phenoxy) is 1. The molecule has 96 valence electrons. The van der Waals surface area contributed by atoms with Crippen LogP contribution in [0.1, 0.15) is 32.5 Å². The van der Waals surface area contributed by atoms with Crippen LogP contribution in [0, 0.1) is 11.8 Å². The zero-order valence-electron chi connectivity index (χ0n) is 10.7. The number of rotatable bonds is 6. The molecule has 0 radical (unpaired) electrons. The van der Waals surface area contributed by atoms with E-state index in [-0.39, 0.29) is 11.8 Å². The van der Waals surface area contributed by atoms with E-state index < -0.39 is 6.17 Å². The fraction of sp³-hybridized carbons (Fsp3) is 0.615. The molecule has 1 heterocycles. The van der Waals surface area contributed by atoms with Gasteiger partial charge in [0.05, 0.1) is 12.8 Å². The molecule has 4 heteroatoms. The molecule has 0 aliphatic rings. The van der Waals surface area contributed by atoms with E-state index in [1.54, 1.807) is 12.3 Å². The number of hydrogen-bond donors (Lipinski definition) is 1. The monoisotopic (exact) mass is 240 g/mol. The second kappa shape index (κ2) is 6.55. The predicted molar refractivity (Wildman–Crippen MR) is 66.6 cm³/mol. The third-order valence-corrected chi connectivity index (χ3v) is 2.87. The Kier molecular flexibility index (Phi) is 5.35. The molecular formula is C13H21FN2O. The summed E-state index contributed by atoms with van der Waals surface area (Å²) < 4.78 is 19.6. The van der Waals surface area contributed by atoms with Crippen LogP contribution in [0.5, 0.6) is 5.75 Å². The van der Waals surface area contributed by atoms with Gasteiger partial charge in [-0.3, -0.25) is 4.98 Å². The van der Waals surface area contributed by atoms with Gasteiger partial charge < -0.3 is 10.5 Å². The van der Waals surface area contributed by atoms with Gasteiger partial charge in [0, 0.05) is 17.7 Å². The standard InChI is InChI=1S/C13H21FN2O/c1-4-17-11-5-10(7-16-8-11)13(14)12(6-15)9(2)3/h5,7-9,12-13H,4,6,15H2,1-3H3. The molecular weight excluding hydrogens is 219 g/mol. The van der Waals surface area contributed by atoms with Gasteiger partial charge in [0.25, 0.3) is 0 Å². The Labute approximate surface area is 102 Å². The summed E-state index contributed by atoms with van der Waals surface area (Å²) in [6.07, 6.45) is 2.04. The van der Waals surface area contributed by atoms with E-state index >= 15 is 0 Å². The summed E-state index contributed by atoms with van der Waals surface area (Å²) in [6, 6.07) is 1.70. The van der Waals surface area contributed by atoms with E-state index in [0.29, 0.717) is 24.5 Å². The van der Waals surface area contributed by atoms with Crippen molar-refractivity contribution in [3.63, 3.8) is 0 Å². The molecule has 17 heavy (non-hydrogen) atoms. The Morgan fingerprint density at radius 2 is 2.12 bits per heavy atom. The Morgan fingerprint density at radius 3 is 2.65 bits per heavy atom. The molecule has 2 N–H and O–H groups in total. The van der Waals surface area contributed by atoms with Crippen LogP contribution >= 0.6 is 0 Å². The van der Waals surface area contributed by atoms with Crippen molar-refractivity contribution in [2.45, 2.75) is 26.9 Å². The minimum absolute atomic E-state index is 0.186. The van der Waals surface area contributed by atoms with Crippen molar-refractivity contribution in [2.24, 2.45) is 17.6 Å². The average Bonchev–Trinajstić information content (AvgIpc) is 2.30. The SMILES string of the molecule is CCOc1cncc(C(F)C(CN)C(C)C)c1. The quantitative estimate of drug-likeness (QED) is 0.831. The van der Waals surface area contributed by atoms with Gasteiger partial charge in [-0.25, -0.2) is 4.39 Å². The van der Waals surface area contributed by atoms with Crippen LogP contribution in [-0.4, -0.2) is 18.1 Å². The molecule has 3 nitrogen and oxygen atoms in total. The van der Waals surface area contributed by atoms with Gasteiger partial charge in [0.1, 0.15) is 11.9 Å². The van der Waals surface area contributed by atoms with Gasteiger partial charge in [-0.1, -0.05) is 13.8 Å². The number of hydrogen-bond acceptors (Lipinski definition) is 3. The van der Waals surface area contributed by atoms with Gasteiger partial charge in [-0.05, 0) is 25.5 Å². The smallest absolute Gasteiger partial charge is 0.137 e. The molecule has 0 saturated heterocycles. The summed E-state index contributed by atoms with van der Waals surface area (Å²) in [6.45, 7) is 6.72. The molecule has 0 fully saturated rings. The van der Waals surface area contributed by atoms with E-state index in [1.807, 2.05) is 20.8 Å². The van der Waals surface area contributed by atoms with Crippen LogP contribution in [0.15, 0.2) is 18.5 Å². The van der Waals surface area contributed by atoms with Crippen molar-refractivity contribution >= 4 is 0 Å². The Hall–Kier alpha value is -1.16. The maximum atomic E-state index is 14.3. The average molecular weight is 240 g/mol. The lowest BCUT2D eigenvalue weighted by Gasteiger charge is -2.23. The molecule has 1 rings (SSSR count). The second-order valence-electron chi connectivity index (χ2n) is 4.43. The Balaban J connectivity index is 2.86. The van der Waals surface area contributed by atoms with Crippen molar-refractivity contribution in [3.8, 4) is 5.75 Å². The number of aromatic nitrogens is 1. The predicted octanol–water partition coefficient (Wildman–Crippen LogP) is 2.72. The molecule has 0 amide bonds. The van der Waals surface area contributed by atoms with Crippen molar-refractivity contribution < 1.29 is 9.13 Å². The van der Waals surface area contributed by atoms with Crippen molar-refractivity contribution in [1.82, 2.24) is 4.98 Å². The summed E-state index contributed by atoms with van der Waals surface area (Å²) in [5, 5.41) is 0. The molecule has 2 atom stereocenters. The molecule has 0 aliphatic carbocycles. The zero-order chi connectivity index (χ0) is 12.8. The lowest BCUT2D eigenvalue weighted by atomic mass is 9.88. The first-order valence-corrected chi connectivity index (χ1v) is 6.02. The summed E-state index contributed by atoms with van der Waals surface area (Å²) >= 11 is 0. The molecule has 0 aliphatic heterocycles. The number of pyridine rings is 1. The topological polar surface area (TPSA) is 48.1 Å². The highest BCUT2D eigenvalue weighted by Gasteiger charge is 2.25. The molecule has 1 aromatic rings. The largest absolute Gasteiger partial charge is 0.492 e. The third kappa shape index (κ3) is 3.66. The molecule has 0 saturated carbocycles. The van der Waals surface area contributed by atoms with Gasteiger partial charge in [-0.2, -0.15) is 0 Å².